The van der Waals surface area contributed by atoms with Crippen molar-refractivity contribution >= 4 is 29.1 Å². The van der Waals surface area contributed by atoms with Gasteiger partial charge in [-0.05, 0) is 67.8 Å². The molecule has 2 N–H and O–H groups in total. The van der Waals surface area contributed by atoms with Crippen molar-refractivity contribution < 1.29 is 18.8 Å². The SMILES string of the molecule is Cc1cc(N2CCc3c(C(N)=O)nn(-c4ccc(F)cc4)c3C2=O)ccc1N1CCCC1=O. The molecular formula is C24H22FN5O3. The van der Waals surface area contributed by atoms with Gasteiger partial charge in [0.2, 0.25) is 5.91 Å². The van der Waals surface area contributed by atoms with E-state index in [1.807, 2.05) is 25.1 Å². The van der Waals surface area contributed by atoms with Crippen molar-refractivity contribution in [2.45, 2.75) is 26.2 Å². The summed E-state index contributed by atoms with van der Waals surface area (Å²) < 4.78 is 14.8. The summed E-state index contributed by atoms with van der Waals surface area (Å²) in [5.41, 5.74) is 9.17. The molecule has 9 heteroatoms. The Balaban J connectivity index is 1.54. The number of anilines is 2. The van der Waals surface area contributed by atoms with Crippen LogP contribution in [0.15, 0.2) is 42.5 Å². The lowest BCUT2D eigenvalue weighted by Crippen LogP contribution is -2.39. The molecule has 3 heterocycles. The topological polar surface area (TPSA) is 102 Å². The predicted octanol–water partition coefficient (Wildman–Crippen LogP) is 2.75. The Morgan fingerprint density at radius 2 is 1.73 bits per heavy atom. The van der Waals surface area contributed by atoms with Crippen LogP contribution in [0.3, 0.4) is 0 Å². The minimum absolute atomic E-state index is 0.0430. The van der Waals surface area contributed by atoms with Crippen molar-refractivity contribution in [3.05, 3.63) is 70.8 Å². The number of amides is 3. The summed E-state index contributed by atoms with van der Waals surface area (Å²) in [5.74, 6) is -1.37. The van der Waals surface area contributed by atoms with Crippen LogP contribution in [0.4, 0.5) is 15.8 Å². The lowest BCUT2D eigenvalue weighted by Gasteiger charge is -2.29. The molecule has 0 atom stereocenters. The molecule has 1 fully saturated rings. The molecule has 0 aliphatic carbocycles. The second kappa shape index (κ2) is 7.84. The number of carbonyl (C=O) groups excluding carboxylic acids is 3. The third-order valence-electron chi connectivity index (χ3n) is 6.18. The first kappa shape index (κ1) is 20.9. The van der Waals surface area contributed by atoms with Crippen molar-refractivity contribution in [3.63, 3.8) is 0 Å². The molecule has 0 radical (unpaired) electrons. The molecule has 0 saturated carbocycles. The number of carbonyl (C=O) groups is 3. The van der Waals surface area contributed by atoms with Gasteiger partial charge in [0.1, 0.15) is 11.5 Å². The Bertz CT molecular complexity index is 1300. The Morgan fingerprint density at radius 1 is 1.00 bits per heavy atom. The molecule has 3 amide bonds. The molecule has 1 saturated heterocycles. The molecule has 2 aliphatic heterocycles. The van der Waals surface area contributed by atoms with Crippen LogP contribution >= 0.6 is 0 Å². The lowest BCUT2D eigenvalue weighted by molar-refractivity contribution is -0.117. The highest BCUT2D eigenvalue weighted by Gasteiger charge is 2.35. The fourth-order valence-corrected chi connectivity index (χ4v) is 4.59. The predicted molar refractivity (Wildman–Crippen MR) is 120 cm³/mol. The molecule has 0 bridgehead atoms. The van der Waals surface area contributed by atoms with Gasteiger partial charge < -0.3 is 15.5 Å². The van der Waals surface area contributed by atoms with E-state index in [2.05, 4.69) is 5.10 Å². The van der Waals surface area contributed by atoms with Crippen molar-refractivity contribution in [2.24, 2.45) is 5.73 Å². The molecule has 2 aromatic carbocycles. The van der Waals surface area contributed by atoms with Crippen molar-refractivity contribution in [1.29, 1.82) is 0 Å². The molecule has 1 aromatic heterocycles. The molecule has 2 aliphatic rings. The standard InChI is InChI=1S/C24H22FN5O3/c1-14-13-17(8-9-19(14)29-11-2-3-20(29)31)28-12-10-18-21(23(26)32)27-30(22(18)24(28)33)16-6-4-15(25)5-7-16/h4-9,13H,2-3,10-12H2,1H3,(H2,26,32). The van der Waals surface area contributed by atoms with Crippen LogP contribution in [-0.4, -0.2) is 40.6 Å². The number of primary amides is 1. The van der Waals surface area contributed by atoms with Gasteiger partial charge in [0.05, 0.1) is 5.69 Å². The highest BCUT2D eigenvalue weighted by molar-refractivity contribution is 6.09. The second-order valence-corrected chi connectivity index (χ2v) is 8.25. The van der Waals surface area contributed by atoms with Crippen LogP contribution < -0.4 is 15.5 Å². The Morgan fingerprint density at radius 3 is 2.36 bits per heavy atom. The van der Waals surface area contributed by atoms with Crippen molar-refractivity contribution in [2.75, 3.05) is 22.9 Å². The number of fused-ring (bicyclic) bond motifs is 1. The summed E-state index contributed by atoms with van der Waals surface area (Å²) in [6.45, 7) is 2.96. The van der Waals surface area contributed by atoms with E-state index < -0.39 is 11.7 Å². The first-order valence-corrected chi connectivity index (χ1v) is 10.8. The number of hydrogen-bond acceptors (Lipinski definition) is 4. The zero-order chi connectivity index (χ0) is 23.3. The normalized spacial score (nSPS) is 15.8. The molecule has 33 heavy (non-hydrogen) atoms. The minimum Gasteiger partial charge on any atom is -0.364 e. The van der Waals surface area contributed by atoms with Crippen molar-refractivity contribution in [3.8, 4) is 5.69 Å². The fourth-order valence-electron chi connectivity index (χ4n) is 4.59. The summed E-state index contributed by atoms with van der Waals surface area (Å²) in [4.78, 5) is 41.1. The van der Waals surface area contributed by atoms with Gasteiger partial charge in [0.15, 0.2) is 5.69 Å². The first-order chi connectivity index (χ1) is 15.8. The third kappa shape index (κ3) is 3.45. The van der Waals surface area contributed by atoms with Gasteiger partial charge in [0.25, 0.3) is 11.8 Å². The number of halogens is 1. The number of nitrogens with zero attached hydrogens (tertiary/aromatic N) is 4. The number of hydrogen-bond donors (Lipinski definition) is 1. The number of aryl methyl sites for hydroxylation is 1. The monoisotopic (exact) mass is 447 g/mol. The van der Waals surface area contributed by atoms with Crippen LogP contribution in [-0.2, 0) is 11.2 Å². The van der Waals surface area contributed by atoms with E-state index in [0.29, 0.717) is 42.9 Å². The van der Waals surface area contributed by atoms with Crippen LogP contribution in [0.25, 0.3) is 5.69 Å². The van der Waals surface area contributed by atoms with Gasteiger partial charge in [-0.1, -0.05) is 0 Å². The molecule has 5 rings (SSSR count). The summed E-state index contributed by atoms with van der Waals surface area (Å²) in [6, 6.07) is 11.1. The summed E-state index contributed by atoms with van der Waals surface area (Å²) in [7, 11) is 0. The van der Waals surface area contributed by atoms with E-state index in [4.69, 9.17) is 5.73 Å². The van der Waals surface area contributed by atoms with Gasteiger partial charge in [-0.25, -0.2) is 9.07 Å². The molecule has 0 unspecified atom stereocenters. The van der Waals surface area contributed by atoms with Gasteiger partial charge in [0, 0.05) is 36.4 Å². The van der Waals surface area contributed by atoms with Gasteiger partial charge >= 0.3 is 0 Å². The second-order valence-electron chi connectivity index (χ2n) is 8.25. The van der Waals surface area contributed by atoms with Gasteiger partial charge in [-0.3, -0.25) is 14.4 Å². The number of aromatic nitrogens is 2. The maximum Gasteiger partial charge on any atom is 0.277 e. The smallest absolute Gasteiger partial charge is 0.277 e. The number of nitrogens with two attached hydrogens (primary N) is 1. The first-order valence-electron chi connectivity index (χ1n) is 10.8. The Labute approximate surface area is 189 Å². The minimum atomic E-state index is -0.719. The van der Waals surface area contributed by atoms with E-state index >= 15 is 0 Å². The number of rotatable bonds is 4. The van der Waals surface area contributed by atoms with Crippen molar-refractivity contribution in [1.82, 2.24) is 9.78 Å². The highest BCUT2D eigenvalue weighted by Crippen LogP contribution is 2.32. The number of benzene rings is 2. The molecule has 168 valence electrons. The summed E-state index contributed by atoms with van der Waals surface area (Å²) in [6.07, 6.45) is 1.78. The lowest BCUT2D eigenvalue weighted by atomic mass is 10.0. The van der Waals surface area contributed by atoms with Crippen LogP contribution in [0.2, 0.25) is 0 Å². The fraction of sp³-hybridized carbons (Fsp3) is 0.250. The van der Waals surface area contributed by atoms with Crippen LogP contribution in [0.5, 0.6) is 0 Å². The summed E-state index contributed by atoms with van der Waals surface area (Å²) >= 11 is 0. The molecular weight excluding hydrogens is 425 g/mol. The molecule has 8 nitrogen and oxygen atoms in total. The third-order valence-corrected chi connectivity index (χ3v) is 6.18. The highest BCUT2D eigenvalue weighted by atomic mass is 19.1. The quantitative estimate of drug-likeness (QED) is 0.664. The average molecular weight is 447 g/mol. The Kier molecular flexibility index (Phi) is 4.96. The van der Waals surface area contributed by atoms with E-state index in [1.54, 1.807) is 9.80 Å². The zero-order valence-corrected chi connectivity index (χ0v) is 18.0. The average Bonchev–Trinajstić information content (AvgIpc) is 3.39. The van der Waals surface area contributed by atoms with Gasteiger partial charge in [-0.15, -0.1) is 0 Å². The van der Waals surface area contributed by atoms with Gasteiger partial charge in [-0.2, -0.15) is 5.10 Å². The Hall–Kier alpha value is -4.01. The maximum atomic E-state index is 13.6. The van der Waals surface area contributed by atoms with Crippen LogP contribution in [0.1, 0.15) is 44.9 Å². The zero-order valence-electron chi connectivity index (χ0n) is 18.0. The largest absolute Gasteiger partial charge is 0.364 e. The van der Waals surface area contributed by atoms with E-state index in [-0.39, 0.29) is 23.2 Å². The van der Waals surface area contributed by atoms with E-state index in [9.17, 15) is 18.8 Å². The summed E-state index contributed by atoms with van der Waals surface area (Å²) in [5, 5.41) is 4.29. The molecule has 3 aromatic rings. The van der Waals surface area contributed by atoms with E-state index in [0.717, 1.165) is 17.7 Å². The maximum absolute atomic E-state index is 13.6. The molecule has 0 spiro atoms. The van der Waals surface area contributed by atoms with Crippen LogP contribution in [0, 0.1) is 12.7 Å². The van der Waals surface area contributed by atoms with E-state index in [1.165, 1.54) is 28.9 Å².